The second kappa shape index (κ2) is 7.38. The third kappa shape index (κ3) is 3.65. The van der Waals surface area contributed by atoms with Gasteiger partial charge in [0.2, 0.25) is 11.8 Å². The van der Waals surface area contributed by atoms with Gasteiger partial charge in [-0.2, -0.15) is 0 Å². The fourth-order valence-corrected chi connectivity index (χ4v) is 3.10. The molecule has 0 bridgehead atoms. The molecule has 5 nitrogen and oxygen atoms in total. The van der Waals surface area contributed by atoms with Crippen LogP contribution in [0, 0.1) is 5.92 Å². The zero-order valence-electron chi connectivity index (χ0n) is 14.5. The zero-order valence-corrected chi connectivity index (χ0v) is 14.5. The number of nitrogens with one attached hydrogen (secondary N) is 1. The van der Waals surface area contributed by atoms with Crippen molar-refractivity contribution >= 4 is 23.2 Å². The fourth-order valence-electron chi connectivity index (χ4n) is 3.10. The van der Waals surface area contributed by atoms with Crippen LogP contribution >= 0.6 is 0 Å². The summed E-state index contributed by atoms with van der Waals surface area (Å²) in [7, 11) is 1.59. The lowest BCUT2D eigenvalue weighted by Gasteiger charge is -2.18. The predicted octanol–water partition coefficient (Wildman–Crippen LogP) is 3.25. The maximum atomic E-state index is 12.6. The van der Waals surface area contributed by atoms with Gasteiger partial charge in [-0.1, -0.05) is 31.2 Å². The van der Waals surface area contributed by atoms with Crippen LogP contribution in [0.15, 0.2) is 48.5 Å². The zero-order chi connectivity index (χ0) is 17.8. The first-order chi connectivity index (χ1) is 12.1. The molecule has 1 atom stereocenters. The molecule has 0 spiro atoms. The minimum atomic E-state index is -0.358. The molecule has 0 unspecified atom stereocenters. The third-order valence-electron chi connectivity index (χ3n) is 4.52. The van der Waals surface area contributed by atoms with E-state index in [1.54, 1.807) is 12.0 Å². The van der Waals surface area contributed by atoms with Crippen molar-refractivity contribution in [1.29, 1.82) is 0 Å². The smallest absolute Gasteiger partial charge is 0.229 e. The van der Waals surface area contributed by atoms with Crippen molar-refractivity contribution in [1.82, 2.24) is 0 Å². The van der Waals surface area contributed by atoms with Crippen LogP contribution in [0.25, 0.3) is 0 Å². The number of benzene rings is 2. The van der Waals surface area contributed by atoms with Gasteiger partial charge in [0, 0.05) is 30.4 Å². The third-order valence-corrected chi connectivity index (χ3v) is 4.52. The van der Waals surface area contributed by atoms with Crippen molar-refractivity contribution in [2.45, 2.75) is 19.8 Å². The van der Waals surface area contributed by atoms with Crippen molar-refractivity contribution in [3.8, 4) is 5.75 Å². The quantitative estimate of drug-likeness (QED) is 0.910. The molecule has 0 aliphatic carbocycles. The van der Waals surface area contributed by atoms with Crippen LogP contribution in [0.5, 0.6) is 5.75 Å². The summed E-state index contributed by atoms with van der Waals surface area (Å²) in [6, 6.07) is 15.1. The molecule has 2 aromatic rings. The number of nitrogens with zero attached hydrogens (tertiary/aromatic N) is 1. The molecule has 0 radical (unpaired) electrons. The highest BCUT2D eigenvalue weighted by molar-refractivity contribution is 6.03. The van der Waals surface area contributed by atoms with E-state index in [4.69, 9.17) is 4.74 Å². The van der Waals surface area contributed by atoms with Gasteiger partial charge in [-0.15, -0.1) is 0 Å². The molecule has 3 rings (SSSR count). The Kier molecular flexibility index (Phi) is 5.03. The summed E-state index contributed by atoms with van der Waals surface area (Å²) in [6.07, 6.45) is 1.06. The summed E-state index contributed by atoms with van der Waals surface area (Å²) in [6.45, 7) is 2.43. The van der Waals surface area contributed by atoms with E-state index in [0.29, 0.717) is 12.3 Å². The van der Waals surface area contributed by atoms with E-state index in [0.717, 1.165) is 23.4 Å². The summed E-state index contributed by atoms with van der Waals surface area (Å²) >= 11 is 0. The predicted molar refractivity (Wildman–Crippen MR) is 97.9 cm³/mol. The van der Waals surface area contributed by atoms with Crippen molar-refractivity contribution in [2.75, 3.05) is 23.9 Å². The number of anilines is 2. The molecule has 1 aliphatic rings. The number of methoxy groups -OCH3 is 1. The molecule has 2 aromatic carbocycles. The van der Waals surface area contributed by atoms with Crippen molar-refractivity contribution < 1.29 is 14.3 Å². The first-order valence-corrected chi connectivity index (χ1v) is 8.45. The number of para-hydroxylation sites is 1. The molecule has 0 saturated carbocycles. The molecule has 5 heteroatoms. The van der Waals surface area contributed by atoms with Gasteiger partial charge in [-0.05, 0) is 30.2 Å². The van der Waals surface area contributed by atoms with Crippen molar-refractivity contribution in [2.24, 2.45) is 5.92 Å². The van der Waals surface area contributed by atoms with Crippen LogP contribution < -0.4 is 15.0 Å². The van der Waals surface area contributed by atoms with Gasteiger partial charge in [0.25, 0.3) is 0 Å². The summed E-state index contributed by atoms with van der Waals surface area (Å²) < 4.78 is 5.21. The topological polar surface area (TPSA) is 58.6 Å². The van der Waals surface area contributed by atoms with E-state index in [-0.39, 0.29) is 24.2 Å². The van der Waals surface area contributed by atoms with Gasteiger partial charge >= 0.3 is 0 Å². The Morgan fingerprint density at radius 2 is 2.04 bits per heavy atom. The Morgan fingerprint density at radius 1 is 1.24 bits per heavy atom. The maximum absolute atomic E-state index is 12.6. The first kappa shape index (κ1) is 17.0. The van der Waals surface area contributed by atoms with Gasteiger partial charge < -0.3 is 15.0 Å². The minimum absolute atomic E-state index is 0.0443. The van der Waals surface area contributed by atoms with Gasteiger partial charge in [0.1, 0.15) is 5.75 Å². The molecule has 1 aliphatic heterocycles. The number of amides is 2. The Bertz CT molecular complexity index is 788. The van der Waals surface area contributed by atoms with Gasteiger partial charge in [-0.3, -0.25) is 9.59 Å². The summed E-state index contributed by atoms with van der Waals surface area (Å²) in [5.41, 5.74) is 2.67. The lowest BCUT2D eigenvalue weighted by molar-refractivity contribution is -0.122. The molecule has 1 heterocycles. The van der Waals surface area contributed by atoms with Gasteiger partial charge in [0.15, 0.2) is 0 Å². The van der Waals surface area contributed by atoms with Crippen LogP contribution in [0.4, 0.5) is 11.4 Å². The van der Waals surface area contributed by atoms with E-state index < -0.39 is 0 Å². The number of carbonyl (C=O) groups is 2. The maximum Gasteiger partial charge on any atom is 0.229 e. The summed E-state index contributed by atoms with van der Waals surface area (Å²) in [5, 5.41) is 2.98. The lowest BCUT2D eigenvalue weighted by Crippen LogP contribution is -2.28. The van der Waals surface area contributed by atoms with Crippen LogP contribution in [0.2, 0.25) is 0 Å². The Morgan fingerprint density at radius 3 is 2.80 bits per heavy atom. The Balaban J connectivity index is 1.72. The number of hydrogen-bond acceptors (Lipinski definition) is 3. The van der Waals surface area contributed by atoms with Crippen molar-refractivity contribution in [3.05, 3.63) is 54.1 Å². The molecule has 1 saturated heterocycles. The van der Waals surface area contributed by atoms with E-state index >= 15 is 0 Å². The number of hydrogen-bond donors (Lipinski definition) is 1. The molecule has 1 fully saturated rings. The second-order valence-corrected chi connectivity index (χ2v) is 6.11. The monoisotopic (exact) mass is 338 g/mol. The minimum Gasteiger partial charge on any atom is -0.497 e. The first-order valence-electron chi connectivity index (χ1n) is 8.45. The highest BCUT2D eigenvalue weighted by atomic mass is 16.5. The molecule has 25 heavy (non-hydrogen) atoms. The van der Waals surface area contributed by atoms with Crippen LogP contribution in [0.3, 0.4) is 0 Å². The average molecular weight is 338 g/mol. The molecule has 0 aromatic heterocycles. The average Bonchev–Trinajstić information content (AvgIpc) is 3.04. The summed E-state index contributed by atoms with van der Waals surface area (Å²) in [4.78, 5) is 26.6. The standard InChI is InChI=1S/C20H22N2O3/c1-3-14-7-4-5-10-18(14)21-20(24)15-11-19(23)22(13-15)16-8-6-9-17(12-16)25-2/h4-10,12,15H,3,11,13H2,1-2H3,(H,21,24)/t15-/m0/s1. The Hall–Kier alpha value is -2.82. The van der Waals surface area contributed by atoms with Gasteiger partial charge in [-0.25, -0.2) is 0 Å². The molecular weight excluding hydrogens is 316 g/mol. The highest BCUT2D eigenvalue weighted by Gasteiger charge is 2.35. The van der Waals surface area contributed by atoms with Gasteiger partial charge in [0.05, 0.1) is 13.0 Å². The van der Waals surface area contributed by atoms with Crippen LogP contribution in [-0.4, -0.2) is 25.5 Å². The van der Waals surface area contributed by atoms with E-state index in [2.05, 4.69) is 12.2 Å². The normalized spacial score (nSPS) is 16.8. The van der Waals surface area contributed by atoms with E-state index in [1.807, 2.05) is 48.5 Å². The van der Waals surface area contributed by atoms with Crippen LogP contribution in [0.1, 0.15) is 18.9 Å². The molecule has 1 N–H and O–H groups in total. The van der Waals surface area contributed by atoms with E-state index in [9.17, 15) is 9.59 Å². The fraction of sp³-hybridized carbons (Fsp3) is 0.300. The van der Waals surface area contributed by atoms with Crippen LogP contribution in [-0.2, 0) is 16.0 Å². The lowest BCUT2D eigenvalue weighted by atomic mass is 10.1. The SMILES string of the molecule is CCc1ccccc1NC(=O)[C@H]1CC(=O)N(c2cccc(OC)c2)C1. The largest absolute Gasteiger partial charge is 0.497 e. The molecular formula is C20H22N2O3. The highest BCUT2D eigenvalue weighted by Crippen LogP contribution is 2.28. The number of carbonyl (C=O) groups excluding carboxylic acids is 2. The van der Waals surface area contributed by atoms with E-state index in [1.165, 1.54) is 0 Å². The molecule has 130 valence electrons. The number of aryl methyl sites for hydroxylation is 1. The summed E-state index contributed by atoms with van der Waals surface area (Å²) in [5.74, 6) is 0.176. The molecule has 2 amide bonds. The second-order valence-electron chi connectivity index (χ2n) is 6.11. The number of ether oxygens (including phenoxy) is 1. The Labute approximate surface area is 147 Å². The number of rotatable bonds is 5. The van der Waals surface area contributed by atoms with Crippen molar-refractivity contribution in [3.63, 3.8) is 0 Å².